The lowest BCUT2D eigenvalue weighted by Crippen LogP contribution is -2.47. The van der Waals surface area contributed by atoms with Crippen molar-refractivity contribution in [1.82, 2.24) is 10.2 Å². The maximum atomic E-state index is 13.2. The molecule has 204 valence electrons. The highest BCUT2D eigenvalue weighted by atomic mass is 32.2. The Bertz CT molecular complexity index is 1170. The zero-order valence-corrected chi connectivity index (χ0v) is 22.3. The maximum Gasteiger partial charge on any atom is 0.416 e. The van der Waals surface area contributed by atoms with Crippen molar-refractivity contribution in [3.63, 3.8) is 0 Å². The first kappa shape index (κ1) is 30.1. The number of hydrogen-bond donors (Lipinski definition) is 1. The molecule has 0 saturated heterocycles. The first-order chi connectivity index (χ1) is 17.2. The Balaban J connectivity index is 2.19. The molecule has 2 amide bonds. The lowest BCUT2D eigenvalue weighted by atomic mass is 10.1. The fraction of sp³-hybridized carbons (Fsp3) is 0.462. The van der Waals surface area contributed by atoms with Crippen molar-refractivity contribution in [2.45, 2.75) is 58.8 Å². The van der Waals surface area contributed by atoms with E-state index in [2.05, 4.69) is 5.32 Å². The standard InChI is InChI=1S/C26H34F3N3O4S/c1-5-15-30-25(34)20(3)31(18-21-13-11-19(2)12-14-21)24(33)10-7-16-32(37(4,35)36)23-9-6-8-22(17-23)26(27,28)29/h6,8-9,11-14,17,20H,5,7,10,15-16,18H2,1-4H3,(H,30,34)/t20-/m1/s1. The molecule has 0 saturated carbocycles. The van der Waals surface area contributed by atoms with Crippen molar-refractivity contribution in [3.05, 3.63) is 65.2 Å². The third-order valence-electron chi connectivity index (χ3n) is 5.80. The average Bonchev–Trinajstić information content (AvgIpc) is 2.83. The molecule has 2 rings (SSSR count). The smallest absolute Gasteiger partial charge is 0.354 e. The zero-order valence-electron chi connectivity index (χ0n) is 21.5. The Hall–Kier alpha value is -3.08. The van der Waals surface area contributed by atoms with Crippen molar-refractivity contribution >= 4 is 27.5 Å². The van der Waals surface area contributed by atoms with Gasteiger partial charge in [-0.2, -0.15) is 13.2 Å². The van der Waals surface area contributed by atoms with E-state index in [4.69, 9.17) is 0 Å². The van der Waals surface area contributed by atoms with Crippen molar-refractivity contribution in [2.24, 2.45) is 0 Å². The van der Waals surface area contributed by atoms with E-state index in [0.717, 1.165) is 46.3 Å². The Morgan fingerprint density at radius 3 is 2.30 bits per heavy atom. The summed E-state index contributed by atoms with van der Waals surface area (Å²) >= 11 is 0. The summed E-state index contributed by atoms with van der Waals surface area (Å²) in [6, 6.07) is 10.8. The van der Waals surface area contributed by atoms with Crippen LogP contribution in [-0.4, -0.2) is 50.5 Å². The number of anilines is 1. The molecule has 37 heavy (non-hydrogen) atoms. The van der Waals surface area contributed by atoms with Gasteiger partial charge < -0.3 is 10.2 Å². The van der Waals surface area contributed by atoms with Crippen LogP contribution in [0.25, 0.3) is 0 Å². The fourth-order valence-electron chi connectivity index (χ4n) is 3.71. The van der Waals surface area contributed by atoms with Gasteiger partial charge in [-0.15, -0.1) is 0 Å². The predicted molar refractivity (Wildman–Crippen MR) is 137 cm³/mol. The van der Waals surface area contributed by atoms with Gasteiger partial charge in [0.25, 0.3) is 0 Å². The second-order valence-corrected chi connectivity index (χ2v) is 10.9. The fourth-order valence-corrected chi connectivity index (χ4v) is 4.67. The molecule has 1 N–H and O–H groups in total. The first-order valence-corrected chi connectivity index (χ1v) is 13.9. The van der Waals surface area contributed by atoms with Crippen LogP contribution in [0.4, 0.5) is 18.9 Å². The van der Waals surface area contributed by atoms with Gasteiger partial charge in [0.15, 0.2) is 0 Å². The number of nitrogens with zero attached hydrogens (tertiary/aromatic N) is 2. The van der Waals surface area contributed by atoms with Crippen LogP contribution in [0.1, 0.15) is 49.8 Å². The minimum atomic E-state index is -4.62. The summed E-state index contributed by atoms with van der Waals surface area (Å²) in [6.07, 6.45) is -3.03. The number of nitrogens with one attached hydrogen (secondary N) is 1. The van der Waals surface area contributed by atoms with Crippen LogP contribution in [0.5, 0.6) is 0 Å². The number of halogens is 3. The Kier molecular flexibility index (Phi) is 10.5. The van der Waals surface area contributed by atoms with Crippen LogP contribution in [-0.2, 0) is 32.3 Å². The molecule has 0 fully saturated rings. The van der Waals surface area contributed by atoms with E-state index >= 15 is 0 Å². The van der Waals surface area contributed by atoms with E-state index in [-0.39, 0.29) is 43.4 Å². The molecule has 2 aromatic carbocycles. The third-order valence-corrected chi connectivity index (χ3v) is 7.00. The second kappa shape index (κ2) is 12.9. The number of aryl methyl sites for hydroxylation is 1. The van der Waals surface area contributed by atoms with E-state index in [1.807, 2.05) is 38.1 Å². The molecule has 0 unspecified atom stereocenters. The molecular weight excluding hydrogens is 507 g/mol. The predicted octanol–water partition coefficient (Wildman–Crippen LogP) is 4.50. The van der Waals surface area contributed by atoms with Gasteiger partial charge in [-0.1, -0.05) is 42.8 Å². The molecule has 7 nitrogen and oxygen atoms in total. The SMILES string of the molecule is CCCNC(=O)[C@@H](C)N(Cc1ccc(C)cc1)C(=O)CCCN(c1cccc(C(F)(F)F)c1)S(C)(=O)=O. The molecular formula is C26H34F3N3O4S. The van der Waals surface area contributed by atoms with Crippen LogP contribution < -0.4 is 9.62 Å². The topological polar surface area (TPSA) is 86.8 Å². The van der Waals surface area contributed by atoms with Gasteiger partial charge in [-0.25, -0.2) is 8.42 Å². The quantitative estimate of drug-likeness (QED) is 0.429. The number of benzene rings is 2. The largest absolute Gasteiger partial charge is 0.416 e. The highest BCUT2D eigenvalue weighted by molar-refractivity contribution is 7.92. The van der Waals surface area contributed by atoms with Crippen molar-refractivity contribution in [3.8, 4) is 0 Å². The molecule has 1 atom stereocenters. The number of rotatable bonds is 12. The molecule has 2 aromatic rings. The van der Waals surface area contributed by atoms with Crippen LogP contribution >= 0.6 is 0 Å². The lowest BCUT2D eigenvalue weighted by molar-refractivity contribution is -0.140. The summed E-state index contributed by atoms with van der Waals surface area (Å²) in [5, 5.41) is 2.78. The number of carbonyl (C=O) groups excluding carboxylic acids is 2. The molecule has 0 aliphatic carbocycles. The summed E-state index contributed by atoms with van der Waals surface area (Å²) < 4.78 is 65.0. The van der Waals surface area contributed by atoms with E-state index in [0.29, 0.717) is 6.54 Å². The van der Waals surface area contributed by atoms with E-state index < -0.39 is 27.8 Å². The van der Waals surface area contributed by atoms with Gasteiger partial charge >= 0.3 is 6.18 Å². The Labute approximate surface area is 216 Å². The number of amides is 2. The molecule has 0 heterocycles. The van der Waals surface area contributed by atoms with Gasteiger partial charge in [-0.05, 0) is 50.5 Å². The lowest BCUT2D eigenvalue weighted by Gasteiger charge is -2.29. The number of hydrogen-bond acceptors (Lipinski definition) is 4. The number of sulfonamides is 1. The van der Waals surface area contributed by atoms with Crippen molar-refractivity contribution in [1.29, 1.82) is 0 Å². The van der Waals surface area contributed by atoms with E-state index in [9.17, 15) is 31.2 Å². The molecule has 0 radical (unpaired) electrons. The molecule has 0 aliphatic heterocycles. The van der Waals surface area contributed by atoms with Crippen molar-refractivity contribution < 1.29 is 31.2 Å². The summed E-state index contributed by atoms with van der Waals surface area (Å²) in [5.41, 5.74) is 0.779. The maximum absolute atomic E-state index is 13.2. The van der Waals surface area contributed by atoms with E-state index in [1.165, 1.54) is 11.0 Å². The van der Waals surface area contributed by atoms with Gasteiger partial charge in [0.2, 0.25) is 21.8 Å². The van der Waals surface area contributed by atoms with Crippen LogP contribution in [0.2, 0.25) is 0 Å². The molecule has 0 bridgehead atoms. The minimum absolute atomic E-state index is 0.0514. The summed E-state index contributed by atoms with van der Waals surface area (Å²) in [5.74, 6) is -0.666. The number of carbonyl (C=O) groups is 2. The molecule has 0 spiro atoms. The third kappa shape index (κ3) is 9.07. The summed E-state index contributed by atoms with van der Waals surface area (Å²) in [7, 11) is -3.91. The van der Waals surface area contributed by atoms with Crippen LogP contribution in [0.15, 0.2) is 48.5 Å². The summed E-state index contributed by atoms with van der Waals surface area (Å²) in [6.45, 7) is 5.94. The minimum Gasteiger partial charge on any atom is -0.354 e. The highest BCUT2D eigenvalue weighted by Gasteiger charge is 2.32. The number of alkyl halides is 3. The van der Waals surface area contributed by atoms with Gasteiger partial charge in [0, 0.05) is 26.1 Å². The van der Waals surface area contributed by atoms with Gasteiger partial charge in [0.1, 0.15) is 6.04 Å². The van der Waals surface area contributed by atoms with Crippen molar-refractivity contribution in [2.75, 3.05) is 23.7 Å². The molecule has 0 aliphatic rings. The van der Waals surface area contributed by atoms with E-state index in [1.54, 1.807) is 6.92 Å². The van der Waals surface area contributed by atoms with Crippen LogP contribution in [0.3, 0.4) is 0 Å². The molecule has 0 aromatic heterocycles. The normalized spacial score (nSPS) is 12.6. The average molecular weight is 542 g/mol. The Morgan fingerprint density at radius 2 is 1.73 bits per heavy atom. The summed E-state index contributed by atoms with van der Waals surface area (Å²) in [4.78, 5) is 27.3. The highest BCUT2D eigenvalue weighted by Crippen LogP contribution is 2.32. The van der Waals surface area contributed by atoms with Crippen LogP contribution in [0, 0.1) is 6.92 Å². The Morgan fingerprint density at radius 1 is 1.08 bits per heavy atom. The monoisotopic (exact) mass is 541 g/mol. The second-order valence-electron chi connectivity index (χ2n) is 8.96. The van der Waals surface area contributed by atoms with Gasteiger partial charge in [-0.3, -0.25) is 13.9 Å². The first-order valence-electron chi connectivity index (χ1n) is 12.0. The van der Waals surface area contributed by atoms with Gasteiger partial charge in [0.05, 0.1) is 17.5 Å². The molecule has 11 heteroatoms. The zero-order chi connectivity index (χ0) is 27.8.